The summed E-state index contributed by atoms with van der Waals surface area (Å²) >= 11 is 0. The minimum Gasteiger partial charge on any atom is -0.395 e. The van der Waals surface area contributed by atoms with Crippen LogP contribution >= 0.6 is 0 Å². The number of aliphatic hydroxyl groups is 1. The summed E-state index contributed by atoms with van der Waals surface area (Å²) in [5.74, 6) is -0.608. The zero-order valence-corrected chi connectivity index (χ0v) is 16.0. The number of anilines is 1. The minimum absolute atomic E-state index is 0.0875. The third-order valence-electron chi connectivity index (χ3n) is 4.80. The molecule has 0 bridgehead atoms. The zero-order valence-electron chi connectivity index (χ0n) is 16.0. The van der Waals surface area contributed by atoms with Crippen LogP contribution in [-0.2, 0) is 0 Å². The Labute approximate surface area is 173 Å². The van der Waals surface area contributed by atoms with Gasteiger partial charge in [0.05, 0.1) is 23.4 Å². The van der Waals surface area contributed by atoms with Crippen LogP contribution < -0.4 is 10.8 Å². The van der Waals surface area contributed by atoms with Crippen molar-refractivity contribution in [2.24, 2.45) is 0 Å². The number of rotatable bonds is 6. The van der Waals surface area contributed by atoms with E-state index in [0.717, 1.165) is 22.4 Å². The van der Waals surface area contributed by atoms with Gasteiger partial charge in [-0.1, -0.05) is 36.4 Å². The molecule has 4 rings (SSSR count). The van der Waals surface area contributed by atoms with Gasteiger partial charge in [0.2, 0.25) is 0 Å². The number of benzene rings is 2. The van der Waals surface area contributed by atoms with Crippen molar-refractivity contribution >= 4 is 22.5 Å². The standard InChI is InChI=1S/C23H20N4O3/c28-12-11-25-18-7-5-16(6-8-18)15-1-3-17(4-2-15)22-13-19(23(29)27-30)20-14-24-10-9-21(20)26-22/h1-10,13-14,25,28,30H,11-12H2,(H,27,29). The second kappa shape index (κ2) is 8.69. The summed E-state index contributed by atoms with van der Waals surface area (Å²) in [6, 6.07) is 19.2. The maximum absolute atomic E-state index is 12.1. The number of nitrogens with one attached hydrogen (secondary N) is 2. The maximum Gasteiger partial charge on any atom is 0.275 e. The van der Waals surface area contributed by atoms with Gasteiger partial charge >= 0.3 is 0 Å². The second-order valence-electron chi connectivity index (χ2n) is 6.69. The van der Waals surface area contributed by atoms with E-state index in [2.05, 4.69) is 15.3 Å². The average molecular weight is 400 g/mol. The van der Waals surface area contributed by atoms with E-state index in [1.54, 1.807) is 30.0 Å². The second-order valence-corrected chi connectivity index (χ2v) is 6.69. The highest BCUT2D eigenvalue weighted by Crippen LogP contribution is 2.27. The SMILES string of the molecule is O=C(NO)c1cc(-c2ccc(-c3ccc(NCCO)cc3)cc2)nc2ccncc12. The average Bonchev–Trinajstić information content (AvgIpc) is 2.82. The first-order valence-electron chi connectivity index (χ1n) is 9.44. The molecular weight excluding hydrogens is 380 g/mol. The molecule has 0 spiro atoms. The number of fused-ring (bicyclic) bond motifs is 1. The molecular formula is C23H20N4O3. The quantitative estimate of drug-likeness (QED) is 0.292. The number of carbonyl (C=O) groups excluding carboxylic acids is 1. The number of amides is 1. The van der Waals surface area contributed by atoms with E-state index in [0.29, 0.717) is 28.7 Å². The van der Waals surface area contributed by atoms with E-state index < -0.39 is 5.91 Å². The maximum atomic E-state index is 12.1. The Bertz CT molecular complexity index is 1180. The lowest BCUT2D eigenvalue weighted by Gasteiger charge is -2.10. The van der Waals surface area contributed by atoms with Crippen LogP contribution in [0.1, 0.15) is 10.4 Å². The summed E-state index contributed by atoms with van der Waals surface area (Å²) in [5, 5.41) is 21.7. The lowest BCUT2D eigenvalue weighted by Crippen LogP contribution is -2.19. The third-order valence-corrected chi connectivity index (χ3v) is 4.80. The molecule has 0 aliphatic rings. The minimum atomic E-state index is -0.608. The fourth-order valence-electron chi connectivity index (χ4n) is 3.28. The first kappa shape index (κ1) is 19.5. The van der Waals surface area contributed by atoms with Gasteiger partial charge in [-0.2, -0.15) is 0 Å². The first-order valence-corrected chi connectivity index (χ1v) is 9.44. The molecule has 4 aromatic rings. The molecule has 0 aliphatic carbocycles. The molecule has 0 radical (unpaired) electrons. The van der Waals surface area contributed by atoms with Crippen LogP contribution in [0.15, 0.2) is 73.1 Å². The number of aromatic nitrogens is 2. The van der Waals surface area contributed by atoms with Crippen LogP contribution in [0.5, 0.6) is 0 Å². The number of pyridine rings is 2. The molecule has 150 valence electrons. The number of aliphatic hydroxyl groups excluding tert-OH is 1. The van der Waals surface area contributed by atoms with Crippen molar-refractivity contribution in [1.82, 2.24) is 15.4 Å². The normalized spacial score (nSPS) is 10.7. The van der Waals surface area contributed by atoms with Gasteiger partial charge in [0.1, 0.15) is 0 Å². The van der Waals surface area contributed by atoms with Crippen LogP contribution in [0, 0.1) is 0 Å². The topological polar surface area (TPSA) is 107 Å². The Hall–Kier alpha value is -3.81. The predicted octanol–water partition coefficient (Wildman–Crippen LogP) is 3.49. The fraction of sp³-hybridized carbons (Fsp3) is 0.0870. The number of nitrogens with zero attached hydrogens (tertiary/aromatic N) is 2. The lowest BCUT2D eigenvalue weighted by molar-refractivity contribution is 0.0708. The van der Waals surface area contributed by atoms with Crippen molar-refractivity contribution < 1.29 is 15.1 Å². The molecule has 30 heavy (non-hydrogen) atoms. The molecule has 0 fully saturated rings. The molecule has 0 saturated carbocycles. The zero-order chi connectivity index (χ0) is 20.9. The summed E-state index contributed by atoms with van der Waals surface area (Å²) in [6.07, 6.45) is 3.17. The van der Waals surface area contributed by atoms with E-state index in [4.69, 9.17) is 10.3 Å². The number of carbonyl (C=O) groups is 1. The van der Waals surface area contributed by atoms with Gasteiger partial charge in [-0.15, -0.1) is 0 Å². The molecule has 0 aliphatic heterocycles. The van der Waals surface area contributed by atoms with Crippen LogP contribution in [0.2, 0.25) is 0 Å². The van der Waals surface area contributed by atoms with E-state index in [1.165, 1.54) is 0 Å². The first-order chi connectivity index (χ1) is 14.7. The molecule has 0 saturated heterocycles. The van der Waals surface area contributed by atoms with Crippen molar-refractivity contribution in [1.29, 1.82) is 0 Å². The Morgan fingerprint density at radius 2 is 1.60 bits per heavy atom. The molecule has 1 amide bonds. The molecule has 0 atom stereocenters. The molecule has 0 unspecified atom stereocenters. The summed E-state index contributed by atoms with van der Waals surface area (Å²) in [6.45, 7) is 0.601. The summed E-state index contributed by atoms with van der Waals surface area (Å²) in [7, 11) is 0. The third kappa shape index (κ3) is 3.98. The molecule has 2 heterocycles. The Morgan fingerprint density at radius 1 is 0.933 bits per heavy atom. The lowest BCUT2D eigenvalue weighted by atomic mass is 10.0. The monoisotopic (exact) mass is 400 g/mol. The molecule has 2 aromatic carbocycles. The van der Waals surface area contributed by atoms with Crippen molar-refractivity contribution in [3.63, 3.8) is 0 Å². The van der Waals surface area contributed by atoms with Crippen molar-refractivity contribution in [3.8, 4) is 22.4 Å². The number of hydroxylamine groups is 1. The van der Waals surface area contributed by atoms with Crippen molar-refractivity contribution in [3.05, 3.63) is 78.6 Å². The summed E-state index contributed by atoms with van der Waals surface area (Å²) < 4.78 is 0. The number of hydrogen-bond donors (Lipinski definition) is 4. The Morgan fingerprint density at radius 3 is 2.27 bits per heavy atom. The smallest absolute Gasteiger partial charge is 0.275 e. The van der Waals surface area contributed by atoms with Crippen molar-refractivity contribution in [2.75, 3.05) is 18.5 Å². The van der Waals surface area contributed by atoms with Crippen LogP contribution in [0.25, 0.3) is 33.3 Å². The number of hydrogen-bond acceptors (Lipinski definition) is 6. The molecule has 4 N–H and O–H groups in total. The molecule has 7 heteroatoms. The molecule has 7 nitrogen and oxygen atoms in total. The van der Waals surface area contributed by atoms with Crippen LogP contribution in [0.4, 0.5) is 5.69 Å². The van der Waals surface area contributed by atoms with Gasteiger partial charge in [0.25, 0.3) is 5.91 Å². The molecule has 2 aromatic heterocycles. The summed E-state index contributed by atoms with van der Waals surface area (Å²) in [5.41, 5.74) is 7.16. The van der Waals surface area contributed by atoms with Gasteiger partial charge in [0, 0.05) is 35.6 Å². The van der Waals surface area contributed by atoms with Crippen LogP contribution in [0.3, 0.4) is 0 Å². The van der Waals surface area contributed by atoms with E-state index >= 15 is 0 Å². The van der Waals surface area contributed by atoms with Gasteiger partial charge < -0.3 is 10.4 Å². The predicted molar refractivity (Wildman–Crippen MR) is 115 cm³/mol. The fourth-order valence-corrected chi connectivity index (χ4v) is 3.28. The Kier molecular flexibility index (Phi) is 5.65. The van der Waals surface area contributed by atoms with Crippen LogP contribution in [-0.4, -0.2) is 39.3 Å². The highest BCUT2D eigenvalue weighted by atomic mass is 16.5. The highest BCUT2D eigenvalue weighted by molar-refractivity contribution is 6.06. The summed E-state index contributed by atoms with van der Waals surface area (Å²) in [4.78, 5) is 20.8. The van der Waals surface area contributed by atoms with Gasteiger partial charge in [-0.25, -0.2) is 10.5 Å². The van der Waals surface area contributed by atoms with Gasteiger partial charge in [0.15, 0.2) is 0 Å². The largest absolute Gasteiger partial charge is 0.395 e. The van der Waals surface area contributed by atoms with E-state index in [9.17, 15) is 4.79 Å². The van der Waals surface area contributed by atoms with E-state index in [1.807, 2.05) is 48.5 Å². The Balaban J connectivity index is 1.66. The van der Waals surface area contributed by atoms with Crippen molar-refractivity contribution in [2.45, 2.75) is 0 Å². The highest BCUT2D eigenvalue weighted by Gasteiger charge is 2.13. The van der Waals surface area contributed by atoms with Gasteiger partial charge in [-0.05, 0) is 35.4 Å². The van der Waals surface area contributed by atoms with Gasteiger partial charge in [-0.3, -0.25) is 15.0 Å². The van der Waals surface area contributed by atoms with E-state index in [-0.39, 0.29) is 6.61 Å².